The van der Waals surface area contributed by atoms with E-state index in [1.54, 1.807) is 20.8 Å². The van der Waals surface area contributed by atoms with E-state index in [1.165, 1.54) is 13.2 Å². The Morgan fingerprint density at radius 1 is 1.12 bits per heavy atom. The number of benzene rings is 1. The Morgan fingerprint density at radius 3 is 2.31 bits per heavy atom. The second-order valence-corrected chi connectivity index (χ2v) is 7.40. The van der Waals surface area contributed by atoms with Crippen molar-refractivity contribution in [2.45, 2.75) is 45.3 Å². The van der Waals surface area contributed by atoms with Crippen molar-refractivity contribution in [1.29, 1.82) is 0 Å². The number of methoxy groups -OCH3 is 2. The summed E-state index contributed by atoms with van der Waals surface area (Å²) in [6.07, 6.45) is -1.01. The molecule has 0 fully saturated rings. The van der Waals surface area contributed by atoms with Crippen LogP contribution in [0.5, 0.6) is 0 Å². The number of carbonyl (C=O) groups excluding carboxylic acids is 4. The number of amides is 2. The van der Waals surface area contributed by atoms with Gasteiger partial charge in [-0.3, -0.25) is 35.2 Å². The maximum Gasteiger partial charge on any atom is 0.412 e. The molecule has 0 spiro atoms. The van der Waals surface area contributed by atoms with Gasteiger partial charge in [-0.1, -0.05) is 0 Å². The van der Waals surface area contributed by atoms with E-state index in [-0.39, 0.29) is 24.1 Å². The standard InChI is InChI=1S/C19H26N4O9/c1-19(2,3)32-18(27)20-11-6-7-12(14(10-11)23(28)29)16(25)22-21-13(17(26)31-5)8-9-15(24)30-4/h6-7,10,13,21H,8-9H2,1-5H3,(H,20,27)(H,22,25)/t13-/m0/s1. The van der Waals surface area contributed by atoms with Gasteiger partial charge < -0.3 is 14.2 Å². The molecule has 32 heavy (non-hydrogen) atoms. The molecule has 0 heterocycles. The molecule has 0 aromatic heterocycles. The summed E-state index contributed by atoms with van der Waals surface area (Å²) < 4.78 is 14.2. The summed E-state index contributed by atoms with van der Waals surface area (Å²) in [5, 5.41) is 13.8. The van der Waals surface area contributed by atoms with Crippen molar-refractivity contribution in [3.8, 4) is 0 Å². The first kappa shape index (κ1) is 26.3. The second-order valence-electron chi connectivity index (χ2n) is 7.40. The Morgan fingerprint density at radius 2 is 1.78 bits per heavy atom. The molecular weight excluding hydrogens is 428 g/mol. The van der Waals surface area contributed by atoms with Gasteiger partial charge in [-0.05, 0) is 39.3 Å². The number of nitro benzene ring substituents is 1. The summed E-state index contributed by atoms with van der Waals surface area (Å²) in [5.74, 6) is -2.26. The number of nitrogens with zero attached hydrogens (tertiary/aromatic N) is 1. The lowest BCUT2D eigenvalue weighted by Gasteiger charge is -2.19. The van der Waals surface area contributed by atoms with Gasteiger partial charge in [-0.25, -0.2) is 10.2 Å². The largest absolute Gasteiger partial charge is 0.469 e. The van der Waals surface area contributed by atoms with Crippen LogP contribution in [0.2, 0.25) is 0 Å². The number of hydrogen-bond donors (Lipinski definition) is 3. The fraction of sp³-hybridized carbons (Fsp3) is 0.474. The van der Waals surface area contributed by atoms with Crippen molar-refractivity contribution >= 4 is 35.3 Å². The summed E-state index contributed by atoms with van der Waals surface area (Å²) >= 11 is 0. The van der Waals surface area contributed by atoms with Crippen molar-refractivity contribution < 1.29 is 38.3 Å². The number of nitro groups is 1. The summed E-state index contributed by atoms with van der Waals surface area (Å²) in [6.45, 7) is 4.96. The third kappa shape index (κ3) is 8.55. The number of esters is 2. The zero-order valence-electron chi connectivity index (χ0n) is 18.3. The van der Waals surface area contributed by atoms with Gasteiger partial charge >= 0.3 is 18.0 Å². The average molecular weight is 454 g/mol. The van der Waals surface area contributed by atoms with E-state index in [2.05, 4.69) is 25.6 Å². The molecule has 1 atom stereocenters. The highest BCUT2D eigenvalue weighted by Gasteiger charge is 2.25. The van der Waals surface area contributed by atoms with Crippen LogP contribution in [0.1, 0.15) is 44.0 Å². The highest BCUT2D eigenvalue weighted by atomic mass is 16.6. The molecule has 0 aliphatic carbocycles. The number of hydrogen-bond acceptors (Lipinski definition) is 10. The van der Waals surface area contributed by atoms with Crippen LogP contribution in [0.15, 0.2) is 18.2 Å². The van der Waals surface area contributed by atoms with E-state index in [4.69, 9.17) is 4.74 Å². The lowest BCUT2D eigenvalue weighted by molar-refractivity contribution is -0.385. The highest BCUT2D eigenvalue weighted by Crippen LogP contribution is 2.24. The lowest BCUT2D eigenvalue weighted by Crippen LogP contribution is -2.48. The fourth-order valence-electron chi connectivity index (χ4n) is 2.35. The van der Waals surface area contributed by atoms with E-state index in [0.717, 1.165) is 19.2 Å². The number of rotatable bonds is 9. The van der Waals surface area contributed by atoms with Gasteiger partial charge in [-0.15, -0.1) is 0 Å². The summed E-state index contributed by atoms with van der Waals surface area (Å²) in [4.78, 5) is 58.1. The number of hydrazine groups is 1. The second kappa shape index (κ2) is 11.6. The van der Waals surface area contributed by atoms with Gasteiger partial charge in [0.05, 0.1) is 24.8 Å². The van der Waals surface area contributed by atoms with E-state index in [0.29, 0.717) is 0 Å². The predicted molar refractivity (Wildman–Crippen MR) is 111 cm³/mol. The molecule has 0 saturated heterocycles. The molecule has 0 saturated carbocycles. The molecule has 0 unspecified atom stereocenters. The van der Waals surface area contributed by atoms with Gasteiger partial charge in [-0.2, -0.15) is 0 Å². The minimum Gasteiger partial charge on any atom is -0.469 e. The molecule has 0 aliphatic heterocycles. The first-order valence-electron chi connectivity index (χ1n) is 9.37. The molecule has 0 bridgehead atoms. The van der Waals surface area contributed by atoms with Crippen LogP contribution in [0, 0.1) is 10.1 Å². The zero-order chi connectivity index (χ0) is 24.5. The van der Waals surface area contributed by atoms with Crippen molar-refractivity contribution in [1.82, 2.24) is 10.9 Å². The van der Waals surface area contributed by atoms with E-state index in [9.17, 15) is 29.3 Å². The number of nitrogens with one attached hydrogen (secondary N) is 3. The van der Waals surface area contributed by atoms with E-state index >= 15 is 0 Å². The molecular formula is C19H26N4O9. The Labute approximate surface area is 183 Å². The Bertz CT molecular complexity index is 880. The number of ether oxygens (including phenoxy) is 3. The first-order chi connectivity index (χ1) is 14.9. The molecule has 0 radical (unpaired) electrons. The quantitative estimate of drug-likeness (QED) is 0.215. The molecule has 13 heteroatoms. The van der Waals surface area contributed by atoms with Crippen LogP contribution >= 0.6 is 0 Å². The molecule has 13 nitrogen and oxygen atoms in total. The number of carbonyl (C=O) groups is 4. The SMILES string of the molecule is COC(=O)CC[C@H](NNC(=O)c1ccc(NC(=O)OC(C)(C)C)cc1[N+](=O)[O-])C(=O)OC. The topological polar surface area (TPSA) is 175 Å². The fourth-order valence-corrected chi connectivity index (χ4v) is 2.35. The minimum atomic E-state index is -1.10. The monoisotopic (exact) mass is 454 g/mol. The summed E-state index contributed by atoms with van der Waals surface area (Å²) in [6, 6.07) is 2.30. The predicted octanol–water partition coefficient (Wildman–Crippen LogP) is 1.67. The van der Waals surface area contributed by atoms with E-state index in [1.807, 2.05) is 0 Å². The lowest BCUT2D eigenvalue weighted by atomic mass is 10.1. The molecule has 1 aromatic rings. The van der Waals surface area contributed by atoms with Crippen molar-refractivity contribution in [2.75, 3.05) is 19.5 Å². The maximum absolute atomic E-state index is 12.5. The smallest absolute Gasteiger partial charge is 0.412 e. The van der Waals surface area contributed by atoms with Gasteiger partial charge in [0.2, 0.25) is 0 Å². The molecule has 3 N–H and O–H groups in total. The van der Waals surface area contributed by atoms with Crippen LogP contribution in [0.4, 0.5) is 16.2 Å². The average Bonchev–Trinajstić information content (AvgIpc) is 2.71. The van der Waals surface area contributed by atoms with Crippen LogP contribution in [0.3, 0.4) is 0 Å². The maximum atomic E-state index is 12.5. The van der Waals surface area contributed by atoms with Gasteiger partial charge in [0.15, 0.2) is 0 Å². The molecule has 2 amide bonds. The normalized spacial score (nSPS) is 11.7. The molecule has 176 valence electrons. The van der Waals surface area contributed by atoms with Crippen molar-refractivity contribution in [2.24, 2.45) is 0 Å². The first-order valence-corrected chi connectivity index (χ1v) is 9.37. The van der Waals surface area contributed by atoms with Crippen molar-refractivity contribution in [3.63, 3.8) is 0 Å². The highest BCUT2D eigenvalue weighted by molar-refractivity contribution is 5.99. The molecule has 1 aromatic carbocycles. The van der Waals surface area contributed by atoms with E-state index < -0.39 is 46.2 Å². The minimum absolute atomic E-state index is 0.0426. The summed E-state index contributed by atoms with van der Waals surface area (Å²) in [5.41, 5.74) is 2.91. The molecule has 0 aliphatic rings. The third-order valence-corrected chi connectivity index (χ3v) is 3.79. The third-order valence-electron chi connectivity index (χ3n) is 3.79. The van der Waals surface area contributed by atoms with Gasteiger partial charge in [0.1, 0.15) is 17.2 Å². The van der Waals surface area contributed by atoms with Crippen molar-refractivity contribution in [3.05, 3.63) is 33.9 Å². The Hall–Kier alpha value is -3.74. The van der Waals surface area contributed by atoms with Gasteiger partial charge in [0, 0.05) is 12.5 Å². The van der Waals surface area contributed by atoms with Crippen LogP contribution in [0.25, 0.3) is 0 Å². The van der Waals surface area contributed by atoms with Crippen LogP contribution in [-0.4, -0.2) is 54.7 Å². The number of anilines is 1. The molecule has 1 rings (SSSR count). The Balaban J connectivity index is 2.94. The summed E-state index contributed by atoms with van der Waals surface area (Å²) in [7, 11) is 2.31. The Kier molecular flexibility index (Phi) is 9.53. The zero-order valence-corrected chi connectivity index (χ0v) is 18.3. The van der Waals surface area contributed by atoms with Gasteiger partial charge in [0.25, 0.3) is 11.6 Å². The van der Waals surface area contributed by atoms with Crippen LogP contribution < -0.4 is 16.2 Å². The van der Waals surface area contributed by atoms with Crippen LogP contribution in [-0.2, 0) is 23.8 Å².